The van der Waals surface area contributed by atoms with E-state index in [0.717, 1.165) is 22.5 Å². The third-order valence-corrected chi connectivity index (χ3v) is 3.34. The normalized spacial score (nSPS) is 8.87. The average Bonchev–Trinajstić information content (AvgIpc) is 2.46. The van der Waals surface area contributed by atoms with Gasteiger partial charge in [-0.1, -0.05) is 39.1 Å². The van der Waals surface area contributed by atoms with E-state index in [1.165, 1.54) is 0 Å². The van der Waals surface area contributed by atoms with Crippen molar-refractivity contribution in [3.05, 3.63) is 59.7 Å². The number of nitrogens with zero attached hydrogens (tertiary/aromatic N) is 2. The molecule has 2 rings (SSSR count). The van der Waals surface area contributed by atoms with Gasteiger partial charge < -0.3 is 9.80 Å². The van der Waals surface area contributed by atoms with Gasteiger partial charge >= 0.3 is 4.28 Å². The molecule has 0 aliphatic rings. The van der Waals surface area contributed by atoms with Crippen molar-refractivity contribution in [3.63, 3.8) is 0 Å². The Labute approximate surface area is 152 Å². The second-order valence-corrected chi connectivity index (χ2v) is 5.26. The first kappa shape index (κ1) is 23.3. The molecule has 3 nitrogen and oxygen atoms in total. The van der Waals surface area contributed by atoms with E-state index in [2.05, 4.69) is 9.80 Å². The third kappa shape index (κ3) is 5.61. The summed E-state index contributed by atoms with van der Waals surface area (Å²) in [6.45, 7) is 0. The molecule has 0 atom stereocenters. The molecule has 0 amide bonds. The summed E-state index contributed by atoms with van der Waals surface area (Å²) < 4.78 is 0. The first-order chi connectivity index (χ1) is 9.49. The summed E-state index contributed by atoms with van der Waals surface area (Å²) in [7, 11) is 8.06. The maximum absolute atomic E-state index is 8.30. The fraction of sp³-hybridized carbons (Fsp3) is 0.316. The quantitative estimate of drug-likeness (QED) is 0.770. The lowest BCUT2D eigenvalue weighted by Crippen LogP contribution is -2.10. The monoisotopic (exact) mass is 338 g/mol. The SMILES string of the molecule is C.C.CN(C)c1ccc(C(=N)c2ccc(N(C)C)cc2)cc1.Cl.[H+].[H+].[H+]. The Morgan fingerprint density at radius 2 is 0.957 bits per heavy atom. The molecule has 4 heteroatoms. The van der Waals surface area contributed by atoms with Crippen molar-refractivity contribution in [1.82, 2.24) is 0 Å². The Hall–Kier alpha value is -2.00. The minimum atomic E-state index is 0. The van der Waals surface area contributed by atoms with Gasteiger partial charge in [0.1, 0.15) is 0 Å². The first-order valence-electron chi connectivity index (χ1n) is 6.63. The lowest BCUT2D eigenvalue weighted by atomic mass is 10.0. The van der Waals surface area contributed by atoms with Gasteiger partial charge in [0.2, 0.25) is 0 Å². The lowest BCUT2D eigenvalue weighted by molar-refractivity contribution is 1.13. The zero-order valence-electron chi connectivity index (χ0n) is 15.9. The number of anilines is 2. The van der Waals surface area contributed by atoms with Gasteiger partial charge in [-0.15, -0.1) is 12.4 Å². The fourth-order valence-electron chi connectivity index (χ4n) is 2.02. The lowest BCUT2D eigenvalue weighted by Gasteiger charge is -2.14. The molecule has 0 spiro atoms. The smallest absolute Gasteiger partial charge is 0.378 e. The van der Waals surface area contributed by atoms with E-state index in [-0.39, 0.29) is 31.5 Å². The average molecular weight is 339 g/mol. The molecule has 0 saturated heterocycles. The predicted molar refractivity (Wildman–Crippen MR) is 112 cm³/mol. The fourth-order valence-corrected chi connectivity index (χ4v) is 2.02. The van der Waals surface area contributed by atoms with E-state index in [1.54, 1.807) is 0 Å². The minimum absolute atomic E-state index is 0. The van der Waals surface area contributed by atoms with Crippen LogP contribution < -0.4 is 9.80 Å². The van der Waals surface area contributed by atoms with Crippen LogP contribution in [-0.4, -0.2) is 33.9 Å². The van der Waals surface area contributed by atoms with Crippen molar-refractivity contribution in [2.75, 3.05) is 38.0 Å². The Morgan fingerprint density at radius 1 is 0.696 bits per heavy atom. The Kier molecular flexibility index (Phi) is 10.0. The maximum atomic E-state index is 8.30. The summed E-state index contributed by atoms with van der Waals surface area (Å²) in [5.41, 5.74) is 4.72. The van der Waals surface area contributed by atoms with E-state index in [0.29, 0.717) is 5.71 Å². The molecule has 2 aromatic rings. The summed E-state index contributed by atoms with van der Waals surface area (Å²) in [5.74, 6) is 0. The molecule has 0 heterocycles. The summed E-state index contributed by atoms with van der Waals surface area (Å²) in [4.78, 5) is 4.11. The van der Waals surface area contributed by atoms with Gasteiger partial charge in [0.05, 0.1) is 5.71 Å². The second kappa shape index (κ2) is 9.90. The number of rotatable bonds is 4. The van der Waals surface area contributed by atoms with E-state index in [1.807, 2.05) is 76.7 Å². The molecule has 0 saturated carbocycles. The van der Waals surface area contributed by atoms with Gasteiger partial charge in [0.15, 0.2) is 0 Å². The molecular formula is C19H33ClN3+3. The molecule has 2 aromatic carbocycles. The van der Waals surface area contributed by atoms with Gasteiger partial charge in [-0.3, -0.25) is 5.41 Å². The summed E-state index contributed by atoms with van der Waals surface area (Å²) >= 11 is 0. The molecular weight excluding hydrogens is 306 g/mol. The topological polar surface area (TPSA) is 30.3 Å². The van der Waals surface area contributed by atoms with Crippen molar-refractivity contribution in [3.8, 4) is 0 Å². The van der Waals surface area contributed by atoms with Gasteiger partial charge in [-0.05, 0) is 24.3 Å². The molecule has 0 aliphatic carbocycles. The molecule has 0 unspecified atom stereocenters. The molecule has 23 heavy (non-hydrogen) atoms. The largest absolute Gasteiger partial charge is 1.00 e. The van der Waals surface area contributed by atoms with Crippen LogP contribution in [0.25, 0.3) is 0 Å². The number of hydrogen-bond donors (Lipinski definition) is 1. The van der Waals surface area contributed by atoms with Crippen LogP contribution in [0, 0.1) is 5.41 Å². The highest BCUT2D eigenvalue weighted by Gasteiger charge is 2.06. The van der Waals surface area contributed by atoms with Crippen molar-refractivity contribution >= 4 is 29.5 Å². The van der Waals surface area contributed by atoms with E-state index in [9.17, 15) is 0 Å². The Morgan fingerprint density at radius 3 is 1.17 bits per heavy atom. The number of halogens is 1. The second-order valence-electron chi connectivity index (χ2n) is 5.26. The number of benzene rings is 2. The molecule has 0 fully saturated rings. The van der Waals surface area contributed by atoms with Crippen LogP contribution in [0.4, 0.5) is 11.4 Å². The predicted octanol–water partition coefficient (Wildman–Crippen LogP) is 5.27. The van der Waals surface area contributed by atoms with Gasteiger partial charge in [-0.25, -0.2) is 0 Å². The molecule has 128 valence electrons. The number of hydrogen-bond acceptors (Lipinski definition) is 3. The van der Waals surface area contributed by atoms with Crippen LogP contribution in [0.1, 0.15) is 30.3 Å². The van der Waals surface area contributed by atoms with Crippen LogP contribution in [0.2, 0.25) is 0 Å². The van der Waals surface area contributed by atoms with Gasteiger partial charge in [-0.2, -0.15) is 0 Å². The summed E-state index contributed by atoms with van der Waals surface area (Å²) in [5, 5.41) is 8.30. The van der Waals surface area contributed by atoms with Gasteiger partial charge in [0.25, 0.3) is 0 Å². The van der Waals surface area contributed by atoms with E-state index >= 15 is 0 Å². The number of nitrogens with one attached hydrogen (secondary N) is 1. The highest BCUT2D eigenvalue weighted by Crippen LogP contribution is 2.18. The minimum Gasteiger partial charge on any atom is -0.378 e. The summed E-state index contributed by atoms with van der Waals surface area (Å²) in [6, 6.07) is 16.1. The third-order valence-electron chi connectivity index (χ3n) is 3.34. The Balaban J connectivity index is -0.000000245. The van der Waals surface area contributed by atoms with Crippen LogP contribution >= 0.6 is 12.4 Å². The molecule has 0 bridgehead atoms. The van der Waals surface area contributed by atoms with Crippen LogP contribution in [-0.2, 0) is 0 Å². The van der Waals surface area contributed by atoms with E-state index in [4.69, 9.17) is 5.41 Å². The molecule has 0 aromatic heterocycles. The Bertz CT molecular complexity index is 547. The molecule has 0 aliphatic heterocycles. The van der Waals surface area contributed by atoms with E-state index < -0.39 is 0 Å². The van der Waals surface area contributed by atoms with Crippen molar-refractivity contribution < 1.29 is 4.28 Å². The van der Waals surface area contributed by atoms with Gasteiger partial charge in [0, 0.05) is 50.7 Å². The molecule has 1 N–H and O–H groups in total. The summed E-state index contributed by atoms with van der Waals surface area (Å²) in [6.07, 6.45) is 0. The highest BCUT2D eigenvalue weighted by atomic mass is 35.5. The van der Waals surface area contributed by atoms with Crippen LogP contribution in [0.5, 0.6) is 0 Å². The first-order valence-corrected chi connectivity index (χ1v) is 6.63. The molecule has 0 radical (unpaired) electrons. The van der Waals surface area contributed by atoms with Crippen molar-refractivity contribution in [2.24, 2.45) is 0 Å². The maximum Gasteiger partial charge on any atom is 1.00 e. The zero-order chi connectivity index (χ0) is 14.7. The highest BCUT2D eigenvalue weighted by molar-refractivity contribution is 6.11. The standard InChI is InChI=1S/C17H21N3.2CH4.ClH/c1-19(2)15-9-5-13(6-10-15)17(18)14-7-11-16(12-8-14)20(3)4;;;/h5-12,18H,1-4H3;2*1H4;1H/p+3. The van der Waals surface area contributed by atoms with Crippen molar-refractivity contribution in [2.45, 2.75) is 14.9 Å². The van der Waals surface area contributed by atoms with Crippen molar-refractivity contribution in [1.29, 1.82) is 5.41 Å². The van der Waals surface area contributed by atoms with Crippen LogP contribution in [0.15, 0.2) is 48.5 Å². The zero-order valence-corrected chi connectivity index (χ0v) is 13.7. The van der Waals surface area contributed by atoms with Crippen LogP contribution in [0.3, 0.4) is 0 Å².